The van der Waals surface area contributed by atoms with Crippen LogP contribution in [0.2, 0.25) is 5.02 Å². The zero-order valence-electron chi connectivity index (χ0n) is 6.75. The number of aromatic carboxylic acids is 1. The molecular formula is C9H4ClIO2S. The Bertz CT molecular complexity index is 521. The van der Waals surface area contributed by atoms with Crippen molar-refractivity contribution in [2.45, 2.75) is 0 Å². The van der Waals surface area contributed by atoms with Crippen LogP contribution < -0.4 is 0 Å². The molecular weight excluding hydrogens is 335 g/mol. The number of thiophene rings is 1. The number of halogens is 2. The fourth-order valence-corrected chi connectivity index (χ4v) is 3.04. The molecule has 0 amide bonds. The Morgan fingerprint density at radius 2 is 2.29 bits per heavy atom. The van der Waals surface area contributed by atoms with Crippen molar-refractivity contribution >= 4 is 61.6 Å². The van der Waals surface area contributed by atoms with E-state index in [0.29, 0.717) is 14.2 Å². The lowest BCUT2D eigenvalue weighted by Crippen LogP contribution is -2.00. The van der Waals surface area contributed by atoms with E-state index in [1.165, 1.54) is 11.3 Å². The summed E-state index contributed by atoms with van der Waals surface area (Å²) in [5, 5.41) is 12.2. The first kappa shape index (κ1) is 10.2. The zero-order chi connectivity index (χ0) is 10.3. The molecule has 1 aromatic carbocycles. The van der Waals surface area contributed by atoms with E-state index in [1.54, 1.807) is 6.07 Å². The minimum Gasteiger partial charge on any atom is -0.478 e. The number of carboxylic acids is 1. The summed E-state index contributed by atoms with van der Waals surface area (Å²) < 4.78 is 1.51. The van der Waals surface area contributed by atoms with Crippen LogP contribution in [0.3, 0.4) is 0 Å². The van der Waals surface area contributed by atoms with Gasteiger partial charge < -0.3 is 5.11 Å². The maximum absolute atomic E-state index is 11.0. The number of hydrogen-bond acceptors (Lipinski definition) is 2. The highest BCUT2D eigenvalue weighted by atomic mass is 127. The summed E-state index contributed by atoms with van der Waals surface area (Å²) in [4.78, 5) is 11.0. The number of benzene rings is 1. The fourth-order valence-electron chi connectivity index (χ4n) is 1.26. The summed E-state index contributed by atoms with van der Waals surface area (Å²) >= 11 is 9.38. The first-order chi connectivity index (χ1) is 6.61. The van der Waals surface area contributed by atoms with E-state index < -0.39 is 5.97 Å². The van der Waals surface area contributed by atoms with Crippen molar-refractivity contribution in [1.29, 1.82) is 0 Å². The SMILES string of the molecule is O=C(O)c1c(I)c(Cl)cc2sccc12. The fraction of sp³-hybridized carbons (Fsp3) is 0. The maximum atomic E-state index is 11.0. The average Bonchev–Trinajstić information content (AvgIpc) is 2.52. The summed E-state index contributed by atoms with van der Waals surface area (Å²) in [6.45, 7) is 0. The lowest BCUT2D eigenvalue weighted by atomic mass is 10.1. The van der Waals surface area contributed by atoms with Crippen molar-refractivity contribution in [2.24, 2.45) is 0 Å². The van der Waals surface area contributed by atoms with Gasteiger partial charge in [-0.1, -0.05) is 11.6 Å². The number of carbonyl (C=O) groups is 1. The van der Waals surface area contributed by atoms with Gasteiger partial charge in [0.1, 0.15) is 0 Å². The second-order valence-electron chi connectivity index (χ2n) is 2.68. The summed E-state index contributed by atoms with van der Waals surface area (Å²) in [5.74, 6) is -0.930. The highest BCUT2D eigenvalue weighted by Crippen LogP contribution is 2.33. The molecule has 0 unspecified atom stereocenters. The molecule has 0 radical (unpaired) electrons. The lowest BCUT2D eigenvalue weighted by molar-refractivity contribution is 0.0698. The predicted molar refractivity (Wildman–Crippen MR) is 66.5 cm³/mol. The molecule has 5 heteroatoms. The Balaban J connectivity index is 2.93. The summed E-state index contributed by atoms with van der Waals surface area (Å²) in [6, 6.07) is 3.61. The number of fused-ring (bicyclic) bond motifs is 1. The normalized spacial score (nSPS) is 10.7. The van der Waals surface area contributed by atoms with Crippen LogP contribution in [0.5, 0.6) is 0 Å². The van der Waals surface area contributed by atoms with E-state index in [-0.39, 0.29) is 0 Å². The smallest absolute Gasteiger partial charge is 0.337 e. The van der Waals surface area contributed by atoms with Gasteiger partial charge in [-0.05, 0) is 40.1 Å². The van der Waals surface area contributed by atoms with Gasteiger partial charge in [-0.15, -0.1) is 11.3 Å². The third kappa shape index (κ3) is 1.51. The van der Waals surface area contributed by atoms with Gasteiger partial charge >= 0.3 is 5.97 Å². The molecule has 1 N–H and O–H groups in total. The monoisotopic (exact) mass is 338 g/mol. The molecule has 2 aromatic rings. The molecule has 2 nitrogen and oxygen atoms in total. The quantitative estimate of drug-likeness (QED) is 0.802. The van der Waals surface area contributed by atoms with Crippen molar-refractivity contribution < 1.29 is 9.90 Å². The zero-order valence-corrected chi connectivity index (χ0v) is 10.5. The number of hydrogen-bond donors (Lipinski definition) is 1. The van der Waals surface area contributed by atoms with Crippen LogP contribution in [0, 0.1) is 3.57 Å². The second-order valence-corrected chi connectivity index (χ2v) is 5.12. The Kier molecular flexibility index (Phi) is 2.68. The molecule has 0 bridgehead atoms. The third-order valence-corrected chi connectivity index (χ3v) is 4.47. The first-order valence-corrected chi connectivity index (χ1v) is 6.03. The standard InChI is InChI=1S/C9H4ClIO2S/c10-5-3-6-4(1-2-14-6)7(8(5)11)9(12)13/h1-3H,(H,12,13). The molecule has 72 valence electrons. The second kappa shape index (κ2) is 3.67. The van der Waals surface area contributed by atoms with Gasteiger partial charge in [0, 0.05) is 13.7 Å². The van der Waals surface area contributed by atoms with Gasteiger partial charge in [0.25, 0.3) is 0 Å². The van der Waals surface area contributed by atoms with Crippen molar-refractivity contribution in [3.8, 4) is 0 Å². The van der Waals surface area contributed by atoms with Gasteiger partial charge in [-0.3, -0.25) is 0 Å². The van der Waals surface area contributed by atoms with Crippen LogP contribution >= 0.6 is 45.5 Å². The van der Waals surface area contributed by atoms with Crippen molar-refractivity contribution in [2.75, 3.05) is 0 Å². The average molecular weight is 339 g/mol. The van der Waals surface area contributed by atoms with E-state index in [0.717, 1.165) is 10.1 Å². The minimum atomic E-state index is -0.930. The maximum Gasteiger partial charge on any atom is 0.337 e. The van der Waals surface area contributed by atoms with Crippen LogP contribution in [0.25, 0.3) is 10.1 Å². The Labute approximate surface area is 103 Å². The molecule has 0 saturated carbocycles. The van der Waals surface area contributed by atoms with Gasteiger partial charge in [-0.2, -0.15) is 0 Å². The van der Waals surface area contributed by atoms with E-state index in [4.69, 9.17) is 16.7 Å². The highest BCUT2D eigenvalue weighted by molar-refractivity contribution is 14.1. The largest absolute Gasteiger partial charge is 0.478 e. The molecule has 0 aliphatic heterocycles. The number of carboxylic acid groups (broad SMARTS) is 1. The Morgan fingerprint density at radius 3 is 2.93 bits per heavy atom. The van der Waals surface area contributed by atoms with Gasteiger partial charge in [0.2, 0.25) is 0 Å². The Hall–Kier alpha value is -0.330. The van der Waals surface area contributed by atoms with E-state index >= 15 is 0 Å². The molecule has 14 heavy (non-hydrogen) atoms. The Morgan fingerprint density at radius 1 is 1.57 bits per heavy atom. The van der Waals surface area contributed by atoms with Crippen LogP contribution in [-0.2, 0) is 0 Å². The molecule has 2 rings (SSSR count). The molecule has 1 aromatic heterocycles. The van der Waals surface area contributed by atoms with Crippen molar-refractivity contribution in [1.82, 2.24) is 0 Å². The van der Waals surface area contributed by atoms with Crippen molar-refractivity contribution in [3.63, 3.8) is 0 Å². The molecule has 0 aliphatic carbocycles. The lowest BCUT2D eigenvalue weighted by Gasteiger charge is -2.03. The molecule has 0 spiro atoms. The van der Waals surface area contributed by atoms with E-state index in [9.17, 15) is 4.79 Å². The minimum absolute atomic E-state index is 0.300. The molecule has 0 aliphatic rings. The summed E-state index contributed by atoms with van der Waals surface area (Å²) in [6.07, 6.45) is 0. The van der Waals surface area contributed by atoms with Gasteiger partial charge in [0.05, 0.1) is 10.6 Å². The molecule has 0 atom stereocenters. The van der Waals surface area contributed by atoms with Gasteiger partial charge in [0.15, 0.2) is 0 Å². The third-order valence-electron chi connectivity index (χ3n) is 1.87. The molecule has 0 saturated heterocycles. The van der Waals surface area contributed by atoms with Crippen LogP contribution in [-0.4, -0.2) is 11.1 Å². The van der Waals surface area contributed by atoms with Crippen molar-refractivity contribution in [3.05, 3.63) is 31.7 Å². The number of rotatable bonds is 1. The highest BCUT2D eigenvalue weighted by Gasteiger charge is 2.16. The van der Waals surface area contributed by atoms with Crippen LogP contribution in [0.15, 0.2) is 17.5 Å². The van der Waals surface area contributed by atoms with E-state index in [1.807, 2.05) is 34.0 Å². The topological polar surface area (TPSA) is 37.3 Å². The molecule has 0 fully saturated rings. The first-order valence-electron chi connectivity index (χ1n) is 3.69. The van der Waals surface area contributed by atoms with E-state index in [2.05, 4.69) is 0 Å². The molecule has 1 heterocycles. The summed E-state index contributed by atoms with van der Waals surface area (Å²) in [7, 11) is 0. The summed E-state index contributed by atoms with van der Waals surface area (Å²) in [5.41, 5.74) is 0.300. The van der Waals surface area contributed by atoms with Crippen LogP contribution in [0.1, 0.15) is 10.4 Å². The predicted octanol–water partition coefficient (Wildman–Crippen LogP) is 3.86. The van der Waals surface area contributed by atoms with Gasteiger partial charge in [-0.25, -0.2) is 4.79 Å². The van der Waals surface area contributed by atoms with Crippen LogP contribution in [0.4, 0.5) is 0 Å².